The van der Waals surface area contributed by atoms with Gasteiger partial charge in [0.1, 0.15) is 18.7 Å². The molecule has 0 saturated carbocycles. The number of hydrogen-bond donors (Lipinski definition) is 3. The van der Waals surface area contributed by atoms with E-state index in [2.05, 4.69) is 10.6 Å². The molecular formula is C36H46N4O7. The van der Waals surface area contributed by atoms with Crippen LogP contribution in [0.2, 0.25) is 0 Å². The van der Waals surface area contributed by atoms with E-state index >= 15 is 0 Å². The summed E-state index contributed by atoms with van der Waals surface area (Å²) in [6, 6.07) is 21.5. The maximum absolute atomic E-state index is 14.4. The molecule has 1 heterocycles. The van der Waals surface area contributed by atoms with Gasteiger partial charge in [0.05, 0.1) is 18.2 Å². The molecule has 252 valence electrons. The van der Waals surface area contributed by atoms with E-state index in [-0.39, 0.29) is 38.1 Å². The van der Waals surface area contributed by atoms with Gasteiger partial charge in [-0.1, -0.05) is 72.8 Å². The summed E-state index contributed by atoms with van der Waals surface area (Å²) in [6.45, 7) is 3.91. The molecule has 11 heteroatoms. The minimum Gasteiger partial charge on any atom is -0.465 e. The highest BCUT2D eigenvalue weighted by Gasteiger charge is 2.35. The lowest BCUT2D eigenvalue weighted by Crippen LogP contribution is -2.56. The second kappa shape index (κ2) is 16.4. The molecule has 3 aromatic rings. The maximum Gasteiger partial charge on any atom is 0.405 e. The van der Waals surface area contributed by atoms with Gasteiger partial charge >= 0.3 is 6.09 Å². The third kappa shape index (κ3) is 10.3. The number of fused-ring (bicyclic) bond motifs is 1. The summed E-state index contributed by atoms with van der Waals surface area (Å²) in [5.41, 5.74) is 0.823. The van der Waals surface area contributed by atoms with Crippen molar-refractivity contribution in [3.63, 3.8) is 0 Å². The second-order valence-electron chi connectivity index (χ2n) is 12.7. The van der Waals surface area contributed by atoms with Gasteiger partial charge in [-0.3, -0.25) is 14.4 Å². The number of hydrogen-bond acceptors (Lipinski definition) is 6. The minimum absolute atomic E-state index is 0.0495. The molecule has 1 unspecified atom stereocenters. The SMILES string of the molecule is CN(C(=O)COCC(C)(C)NC(=O)O)[C@H](Cc1ccc2ccccc2c1)C(=O)N(C)[C@H](Cc1ccccc1)C(=O)NCC1CCCO1. The molecule has 11 nitrogen and oxygen atoms in total. The van der Waals surface area contributed by atoms with Gasteiger partial charge < -0.3 is 35.0 Å². The average molecular weight is 647 g/mol. The molecule has 0 radical (unpaired) electrons. The second-order valence-corrected chi connectivity index (χ2v) is 12.7. The first-order valence-corrected chi connectivity index (χ1v) is 16.0. The fourth-order valence-corrected chi connectivity index (χ4v) is 5.74. The highest BCUT2D eigenvalue weighted by molar-refractivity contribution is 5.93. The normalized spacial score (nSPS) is 15.9. The Morgan fingerprint density at radius 3 is 2.28 bits per heavy atom. The number of carbonyl (C=O) groups excluding carboxylic acids is 3. The predicted octanol–water partition coefficient (Wildman–Crippen LogP) is 3.64. The predicted molar refractivity (Wildman–Crippen MR) is 179 cm³/mol. The molecule has 0 aliphatic carbocycles. The summed E-state index contributed by atoms with van der Waals surface area (Å²) in [4.78, 5) is 55.5. The molecule has 0 aromatic heterocycles. The molecule has 1 aliphatic heterocycles. The summed E-state index contributed by atoms with van der Waals surface area (Å²) >= 11 is 0. The molecule has 4 amide bonds. The van der Waals surface area contributed by atoms with Crippen molar-refractivity contribution >= 4 is 34.6 Å². The van der Waals surface area contributed by atoms with Crippen LogP contribution in [0.1, 0.15) is 37.8 Å². The molecule has 0 bridgehead atoms. The van der Waals surface area contributed by atoms with Gasteiger partial charge in [0, 0.05) is 40.1 Å². The lowest BCUT2D eigenvalue weighted by atomic mass is 9.98. The van der Waals surface area contributed by atoms with Gasteiger partial charge in [0.15, 0.2) is 0 Å². The molecule has 1 saturated heterocycles. The first-order valence-electron chi connectivity index (χ1n) is 16.0. The van der Waals surface area contributed by atoms with E-state index in [9.17, 15) is 19.2 Å². The summed E-state index contributed by atoms with van der Waals surface area (Å²) in [5, 5.41) is 16.5. The molecule has 3 aromatic carbocycles. The quantitative estimate of drug-likeness (QED) is 0.229. The van der Waals surface area contributed by atoms with Gasteiger partial charge in [0.25, 0.3) is 0 Å². The number of nitrogens with zero attached hydrogens (tertiary/aromatic N) is 2. The Kier molecular flexibility index (Phi) is 12.3. The smallest absolute Gasteiger partial charge is 0.405 e. The van der Waals surface area contributed by atoms with Crippen LogP contribution in [0.15, 0.2) is 72.8 Å². The zero-order valence-corrected chi connectivity index (χ0v) is 27.6. The van der Waals surface area contributed by atoms with Crippen LogP contribution in [0.3, 0.4) is 0 Å². The fraction of sp³-hybridized carbons (Fsp3) is 0.444. The van der Waals surface area contributed by atoms with Gasteiger partial charge in [0.2, 0.25) is 17.7 Å². The Morgan fingerprint density at radius 2 is 1.60 bits per heavy atom. The molecular weight excluding hydrogens is 600 g/mol. The van der Waals surface area contributed by atoms with E-state index < -0.39 is 35.5 Å². The zero-order chi connectivity index (χ0) is 34.0. The van der Waals surface area contributed by atoms with Crippen molar-refractivity contribution in [2.24, 2.45) is 0 Å². The highest BCUT2D eigenvalue weighted by Crippen LogP contribution is 2.20. The summed E-state index contributed by atoms with van der Waals surface area (Å²) in [7, 11) is 3.15. The van der Waals surface area contributed by atoms with E-state index in [0.29, 0.717) is 13.2 Å². The molecule has 1 aliphatic rings. The number of rotatable bonds is 15. The van der Waals surface area contributed by atoms with Crippen molar-refractivity contribution in [2.45, 2.75) is 63.3 Å². The van der Waals surface area contributed by atoms with Gasteiger partial charge in [-0.25, -0.2) is 4.79 Å². The lowest BCUT2D eigenvalue weighted by molar-refractivity contribution is -0.149. The number of benzene rings is 3. The van der Waals surface area contributed by atoms with Crippen LogP contribution in [0.5, 0.6) is 0 Å². The molecule has 4 rings (SSSR count). The van der Waals surface area contributed by atoms with Crippen molar-refractivity contribution < 1.29 is 33.8 Å². The summed E-state index contributed by atoms with van der Waals surface area (Å²) < 4.78 is 11.3. The van der Waals surface area contributed by atoms with Gasteiger partial charge in [-0.05, 0) is 48.6 Å². The van der Waals surface area contributed by atoms with E-state index in [1.54, 1.807) is 27.9 Å². The average Bonchev–Trinajstić information content (AvgIpc) is 3.57. The van der Waals surface area contributed by atoms with Crippen LogP contribution < -0.4 is 10.6 Å². The van der Waals surface area contributed by atoms with Crippen LogP contribution in [0, 0.1) is 0 Å². The zero-order valence-electron chi connectivity index (χ0n) is 27.6. The Hall–Kier alpha value is -4.48. The number of likely N-dealkylation sites (N-methyl/N-ethyl adjacent to an activating group) is 2. The minimum atomic E-state index is -1.20. The van der Waals surface area contributed by atoms with Crippen LogP contribution in [0.25, 0.3) is 10.8 Å². The molecule has 3 atom stereocenters. The van der Waals surface area contributed by atoms with Crippen LogP contribution >= 0.6 is 0 Å². The maximum atomic E-state index is 14.4. The third-order valence-electron chi connectivity index (χ3n) is 8.44. The lowest BCUT2D eigenvalue weighted by Gasteiger charge is -2.35. The molecule has 47 heavy (non-hydrogen) atoms. The van der Waals surface area contributed by atoms with Crippen LogP contribution in [-0.2, 0) is 36.7 Å². The standard InChI is InChI=1S/C36H46N4O7/c1-36(2,38-35(44)45)24-46-23-32(41)39(3)31(21-26-16-17-27-13-8-9-14-28(27)19-26)34(43)40(4)30(20-25-11-6-5-7-12-25)33(42)37-22-29-15-10-18-47-29/h5-9,11-14,16-17,19,29-31,38H,10,15,18,20-24H2,1-4H3,(H,37,42)(H,44,45)/t29?,30-,31-/m1/s1. The Bertz CT molecular complexity index is 1520. The summed E-state index contributed by atoms with van der Waals surface area (Å²) in [6.07, 6.45) is 1.05. The topological polar surface area (TPSA) is 138 Å². The van der Waals surface area contributed by atoms with Crippen LogP contribution in [-0.4, -0.2) is 103 Å². The number of carboxylic acid groups (broad SMARTS) is 1. The Balaban J connectivity index is 1.57. The van der Waals surface area contributed by atoms with E-state index in [0.717, 1.165) is 34.7 Å². The molecule has 1 fully saturated rings. The van der Waals surface area contributed by atoms with E-state index in [4.69, 9.17) is 14.6 Å². The van der Waals surface area contributed by atoms with Crippen molar-refractivity contribution in [1.29, 1.82) is 0 Å². The molecule has 0 spiro atoms. The van der Waals surface area contributed by atoms with Crippen molar-refractivity contribution in [3.05, 3.63) is 83.9 Å². The Morgan fingerprint density at radius 1 is 0.915 bits per heavy atom. The fourth-order valence-electron chi connectivity index (χ4n) is 5.74. The number of amides is 4. The number of ether oxygens (including phenoxy) is 2. The highest BCUT2D eigenvalue weighted by atomic mass is 16.5. The third-order valence-corrected chi connectivity index (χ3v) is 8.44. The van der Waals surface area contributed by atoms with Crippen LogP contribution in [0.4, 0.5) is 4.79 Å². The first kappa shape index (κ1) is 35.4. The Labute approximate surface area is 276 Å². The van der Waals surface area contributed by atoms with Crippen molar-refractivity contribution in [1.82, 2.24) is 20.4 Å². The molecule has 3 N–H and O–H groups in total. The van der Waals surface area contributed by atoms with E-state index in [1.165, 1.54) is 9.80 Å². The van der Waals surface area contributed by atoms with Gasteiger partial charge in [-0.15, -0.1) is 0 Å². The van der Waals surface area contributed by atoms with Crippen molar-refractivity contribution in [2.75, 3.05) is 40.5 Å². The summed E-state index contributed by atoms with van der Waals surface area (Å²) in [5.74, 6) is -1.14. The monoisotopic (exact) mass is 646 g/mol. The first-order chi connectivity index (χ1) is 22.4. The van der Waals surface area contributed by atoms with Crippen molar-refractivity contribution in [3.8, 4) is 0 Å². The number of carbonyl (C=O) groups is 4. The van der Waals surface area contributed by atoms with Gasteiger partial charge in [-0.2, -0.15) is 0 Å². The largest absolute Gasteiger partial charge is 0.465 e. The number of nitrogens with one attached hydrogen (secondary N) is 2. The van der Waals surface area contributed by atoms with E-state index in [1.807, 2.05) is 72.8 Å².